The highest BCUT2D eigenvalue weighted by atomic mass is 15.0. The first-order chi connectivity index (χ1) is 34.2. The molecule has 4 heterocycles. The maximum Gasteiger partial charge on any atom is 0.164 e. The summed E-state index contributed by atoms with van der Waals surface area (Å²) in [6.07, 6.45) is 0. The molecule has 0 fully saturated rings. The summed E-state index contributed by atoms with van der Waals surface area (Å²) in [4.78, 5) is 15.4. The zero-order chi connectivity index (χ0) is 45.4. The van der Waals surface area contributed by atoms with Crippen LogP contribution in [-0.4, -0.2) is 28.7 Å². The number of para-hydroxylation sites is 5. The van der Waals surface area contributed by atoms with Gasteiger partial charge >= 0.3 is 0 Å². The minimum Gasteiger partial charge on any atom is -0.309 e. The van der Waals surface area contributed by atoms with Gasteiger partial charge < -0.3 is 13.7 Å². The van der Waals surface area contributed by atoms with E-state index in [4.69, 9.17) is 15.0 Å². The van der Waals surface area contributed by atoms with Crippen LogP contribution in [0.1, 0.15) is 0 Å². The fraction of sp³-hybridized carbons (Fsp3) is 0. The molecule has 0 atom stereocenters. The van der Waals surface area contributed by atoms with Gasteiger partial charge in [0.2, 0.25) is 0 Å². The molecule has 0 aliphatic rings. The number of hydrogen-bond acceptors (Lipinski definition) is 3. The second-order valence-corrected chi connectivity index (χ2v) is 17.6. The van der Waals surface area contributed by atoms with Gasteiger partial charge in [-0.3, -0.25) is 0 Å². The van der Waals surface area contributed by atoms with Crippen molar-refractivity contribution >= 4 is 65.4 Å². The van der Waals surface area contributed by atoms with Crippen LogP contribution in [0.25, 0.3) is 128 Å². The highest BCUT2D eigenvalue weighted by Crippen LogP contribution is 2.42. The number of fused-ring (bicyclic) bond motifs is 9. The van der Waals surface area contributed by atoms with Crippen LogP contribution in [-0.2, 0) is 0 Å². The molecule has 0 saturated heterocycles. The molecule has 0 radical (unpaired) electrons. The van der Waals surface area contributed by atoms with Crippen molar-refractivity contribution in [2.45, 2.75) is 0 Å². The van der Waals surface area contributed by atoms with E-state index in [-0.39, 0.29) is 0 Å². The molecule has 6 heteroatoms. The van der Waals surface area contributed by atoms with Crippen molar-refractivity contribution in [1.82, 2.24) is 28.7 Å². The smallest absolute Gasteiger partial charge is 0.164 e. The SMILES string of the molecule is c1ccc(-c2nc(-c3ccccc3)nc(-c3ccc(-c4ccc5c(c4)c4ccc(-n6c7ccccc7c7ccccc76)cc4n5-c4ccccc4)c(-n4c5ccccc5c5ccccc54)c3)n2)cc1. The molecule has 4 aromatic heterocycles. The molecule has 14 rings (SSSR count). The van der Waals surface area contributed by atoms with Crippen molar-refractivity contribution < 1.29 is 0 Å². The molecule has 10 aromatic carbocycles. The predicted octanol–water partition coefficient (Wildman–Crippen LogP) is 15.8. The molecule has 322 valence electrons. The Kier molecular flexibility index (Phi) is 8.79. The van der Waals surface area contributed by atoms with E-state index < -0.39 is 0 Å². The largest absolute Gasteiger partial charge is 0.309 e. The van der Waals surface area contributed by atoms with Crippen molar-refractivity contribution in [3.63, 3.8) is 0 Å². The van der Waals surface area contributed by atoms with Crippen LogP contribution < -0.4 is 0 Å². The van der Waals surface area contributed by atoms with Gasteiger partial charge in [0.15, 0.2) is 17.5 Å². The molecule has 0 aliphatic heterocycles. The van der Waals surface area contributed by atoms with E-state index >= 15 is 0 Å². The second-order valence-electron chi connectivity index (χ2n) is 17.6. The average molecular weight is 881 g/mol. The van der Waals surface area contributed by atoms with E-state index in [0.717, 1.165) is 66.9 Å². The molecule has 0 unspecified atom stereocenters. The Labute approximate surface area is 397 Å². The van der Waals surface area contributed by atoms with Crippen LogP contribution in [0.5, 0.6) is 0 Å². The van der Waals surface area contributed by atoms with Gasteiger partial charge in [0.05, 0.1) is 38.8 Å². The van der Waals surface area contributed by atoms with Crippen LogP contribution in [0.2, 0.25) is 0 Å². The molecule has 0 amide bonds. The van der Waals surface area contributed by atoms with Crippen LogP contribution in [0, 0.1) is 0 Å². The summed E-state index contributed by atoms with van der Waals surface area (Å²) in [5.41, 5.74) is 15.1. The Balaban J connectivity index is 1.01. The second kappa shape index (κ2) is 15.6. The van der Waals surface area contributed by atoms with E-state index in [9.17, 15) is 0 Å². The van der Waals surface area contributed by atoms with Crippen LogP contribution in [0.4, 0.5) is 0 Å². The zero-order valence-electron chi connectivity index (χ0n) is 37.3. The van der Waals surface area contributed by atoms with Gasteiger partial charge in [-0.05, 0) is 72.3 Å². The summed E-state index contributed by atoms with van der Waals surface area (Å²) < 4.78 is 7.23. The van der Waals surface area contributed by atoms with Gasteiger partial charge in [0.25, 0.3) is 0 Å². The number of hydrogen-bond donors (Lipinski definition) is 0. The first-order valence-corrected chi connectivity index (χ1v) is 23.4. The first-order valence-electron chi connectivity index (χ1n) is 23.4. The fourth-order valence-electron chi connectivity index (χ4n) is 10.6. The Morgan fingerprint density at radius 1 is 0.232 bits per heavy atom. The Morgan fingerprint density at radius 3 is 1.20 bits per heavy atom. The van der Waals surface area contributed by atoms with Gasteiger partial charge in [-0.1, -0.05) is 176 Å². The lowest BCUT2D eigenvalue weighted by Crippen LogP contribution is -2.02. The number of aromatic nitrogens is 6. The van der Waals surface area contributed by atoms with E-state index in [1.165, 1.54) is 43.4 Å². The molecule has 69 heavy (non-hydrogen) atoms. The molecular weight excluding hydrogens is 841 g/mol. The molecule has 6 nitrogen and oxygen atoms in total. The summed E-state index contributed by atoms with van der Waals surface area (Å²) in [6, 6.07) is 86.5. The molecule has 0 aliphatic carbocycles. The zero-order valence-corrected chi connectivity index (χ0v) is 37.3. The Morgan fingerprint density at radius 2 is 0.652 bits per heavy atom. The lowest BCUT2D eigenvalue weighted by atomic mass is 9.98. The van der Waals surface area contributed by atoms with Crippen molar-refractivity contribution in [3.8, 4) is 62.4 Å². The van der Waals surface area contributed by atoms with Gasteiger partial charge in [0.1, 0.15) is 0 Å². The summed E-state index contributed by atoms with van der Waals surface area (Å²) in [5, 5.41) is 7.24. The van der Waals surface area contributed by atoms with Crippen molar-refractivity contribution in [2.75, 3.05) is 0 Å². The minimum absolute atomic E-state index is 0.608. The highest BCUT2D eigenvalue weighted by Gasteiger charge is 2.22. The molecule has 0 saturated carbocycles. The summed E-state index contributed by atoms with van der Waals surface area (Å²) >= 11 is 0. The fourth-order valence-corrected chi connectivity index (χ4v) is 10.6. The maximum atomic E-state index is 5.18. The molecule has 0 N–H and O–H groups in total. The van der Waals surface area contributed by atoms with E-state index in [2.05, 4.69) is 220 Å². The van der Waals surface area contributed by atoms with Crippen molar-refractivity contribution in [1.29, 1.82) is 0 Å². The van der Waals surface area contributed by atoms with Gasteiger partial charge in [-0.2, -0.15) is 0 Å². The topological polar surface area (TPSA) is 53.5 Å². The minimum atomic E-state index is 0.608. The monoisotopic (exact) mass is 880 g/mol. The quantitative estimate of drug-likeness (QED) is 0.160. The number of nitrogens with zero attached hydrogens (tertiary/aromatic N) is 6. The highest BCUT2D eigenvalue weighted by molar-refractivity contribution is 6.14. The summed E-state index contributed by atoms with van der Waals surface area (Å²) in [5.74, 6) is 1.86. The number of rotatable bonds is 7. The Hall–Kier alpha value is -9.39. The van der Waals surface area contributed by atoms with Crippen LogP contribution in [0.3, 0.4) is 0 Å². The van der Waals surface area contributed by atoms with E-state index in [0.29, 0.717) is 17.5 Å². The average Bonchev–Trinajstić information content (AvgIpc) is 4.06. The molecule has 0 bridgehead atoms. The maximum absolute atomic E-state index is 5.18. The van der Waals surface area contributed by atoms with E-state index in [1.54, 1.807) is 0 Å². The van der Waals surface area contributed by atoms with Crippen molar-refractivity contribution in [3.05, 3.63) is 243 Å². The predicted molar refractivity (Wildman–Crippen MR) is 285 cm³/mol. The van der Waals surface area contributed by atoms with Crippen LogP contribution in [0.15, 0.2) is 243 Å². The number of benzene rings is 10. The molecular formula is C63H40N6. The summed E-state index contributed by atoms with van der Waals surface area (Å²) in [7, 11) is 0. The molecule has 0 spiro atoms. The third-order valence-electron chi connectivity index (χ3n) is 13.7. The Bertz CT molecular complexity index is 4130. The summed E-state index contributed by atoms with van der Waals surface area (Å²) in [6.45, 7) is 0. The van der Waals surface area contributed by atoms with Crippen molar-refractivity contribution in [2.24, 2.45) is 0 Å². The van der Waals surface area contributed by atoms with Gasteiger partial charge in [-0.15, -0.1) is 0 Å². The van der Waals surface area contributed by atoms with E-state index in [1.807, 2.05) is 36.4 Å². The van der Waals surface area contributed by atoms with Gasteiger partial charge in [0, 0.05) is 65.9 Å². The lowest BCUT2D eigenvalue weighted by molar-refractivity contribution is 1.07. The first kappa shape index (κ1) is 38.8. The third-order valence-corrected chi connectivity index (χ3v) is 13.7. The lowest BCUT2D eigenvalue weighted by Gasteiger charge is -2.17. The normalized spacial score (nSPS) is 11.8. The standard InChI is InChI=1S/C63H40N6/c1-4-18-41(19-5-1)61-64-62(42-20-6-2-7-21-42)66-63(65-61)44-32-35-47(59(39-44)69-56-30-16-12-26-50(56)51-27-13-17-31-57(51)69)43-33-37-58-53(38-43)52-36-34-46(40-60(52)67(58)45-22-8-3-9-23-45)68-54-28-14-10-24-48(54)49-25-11-15-29-55(49)68/h1-40H. The molecule has 14 aromatic rings. The van der Waals surface area contributed by atoms with Crippen LogP contribution >= 0.6 is 0 Å². The third kappa shape index (κ3) is 6.23. The van der Waals surface area contributed by atoms with Gasteiger partial charge in [-0.25, -0.2) is 15.0 Å².